The van der Waals surface area contributed by atoms with Crippen molar-refractivity contribution >= 4 is 29.0 Å². The monoisotopic (exact) mass is 344 g/mol. The molecule has 2 N–H and O–H groups in total. The number of rotatable bonds is 4. The van der Waals surface area contributed by atoms with Gasteiger partial charge in [-0.05, 0) is 36.2 Å². The van der Waals surface area contributed by atoms with Gasteiger partial charge in [0.05, 0.1) is 5.56 Å². The molecule has 1 heterocycles. The van der Waals surface area contributed by atoms with Gasteiger partial charge in [-0.3, -0.25) is 4.79 Å². The molecule has 2 aromatic carbocycles. The number of amidine groups is 1. The number of anilines is 1. The molecule has 5 nitrogen and oxygen atoms in total. The third-order valence-corrected chi connectivity index (χ3v) is 4.19. The van der Waals surface area contributed by atoms with Crippen LogP contribution in [0.2, 0.25) is 5.02 Å². The summed E-state index contributed by atoms with van der Waals surface area (Å²) in [6.45, 7) is 0.552. The number of para-hydroxylation sites is 1. The summed E-state index contributed by atoms with van der Waals surface area (Å²) >= 11 is 5.90. The molecule has 1 atom stereocenters. The Balaban J connectivity index is 1.93. The summed E-state index contributed by atoms with van der Waals surface area (Å²) in [5.41, 5.74) is 2.09. The van der Waals surface area contributed by atoms with Crippen LogP contribution >= 0.6 is 11.6 Å². The quantitative estimate of drug-likeness (QED) is 0.884. The first-order valence-corrected chi connectivity index (χ1v) is 7.94. The lowest BCUT2D eigenvalue weighted by molar-refractivity contribution is 0.1000. The lowest BCUT2D eigenvalue weighted by Crippen LogP contribution is -2.17. The van der Waals surface area contributed by atoms with Crippen LogP contribution in [-0.2, 0) is 4.74 Å². The molecule has 0 aromatic heterocycles. The summed E-state index contributed by atoms with van der Waals surface area (Å²) in [7, 11) is 1.64. The summed E-state index contributed by atoms with van der Waals surface area (Å²) in [5, 5.41) is 13.4. The van der Waals surface area contributed by atoms with Crippen molar-refractivity contribution in [2.75, 3.05) is 19.0 Å². The van der Waals surface area contributed by atoms with Crippen molar-refractivity contribution in [1.82, 2.24) is 0 Å². The highest BCUT2D eigenvalue weighted by Crippen LogP contribution is 2.35. The molecule has 1 aliphatic heterocycles. The zero-order valence-electron chi connectivity index (χ0n) is 13.1. The summed E-state index contributed by atoms with van der Waals surface area (Å²) in [6, 6.07) is 12.1. The lowest BCUT2D eigenvalue weighted by atomic mass is 9.97. The van der Waals surface area contributed by atoms with E-state index in [4.69, 9.17) is 16.3 Å². The SMILES string of the molecule is COCCC1C(=NC(=O)c2cc(Cl)ccc2O)Nc2ccccc21. The first kappa shape index (κ1) is 16.5. The van der Waals surface area contributed by atoms with Crippen LogP contribution in [0.1, 0.15) is 28.3 Å². The summed E-state index contributed by atoms with van der Waals surface area (Å²) in [6.07, 6.45) is 0.703. The molecule has 0 aliphatic carbocycles. The molecule has 3 rings (SSSR count). The Bertz CT molecular complexity index is 805. The number of halogens is 1. The molecule has 0 radical (unpaired) electrons. The zero-order chi connectivity index (χ0) is 17.1. The Morgan fingerprint density at radius 1 is 1.33 bits per heavy atom. The molecular formula is C18H17ClN2O3. The number of fused-ring (bicyclic) bond motifs is 1. The summed E-state index contributed by atoms with van der Waals surface area (Å²) in [5.74, 6) is -0.172. The van der Waals surface area contributed by atoms with Gasteiger partial charge in [0, 0.05) is 30.3 Å². The zero-order valence-corrected chi connectivity index (χ0v) is 13.9. The fourth-order valence-corrected chi connectivity index (χ4v) is 2.94. The fourth-order valence-electron chi connectivity index (χ4n) is 2.77. The third-order valence-electron chi connectivity index (χ3n) is 3.95. The van der Waals surface area contributed by atoms with Crippen LogP contribution in [-0.4, -0.2) is 30.6 Å². The Kier molecular flexibility index (Phi) is 4.83. The van der Waals surface area contributed by atoms with Crippen molar-refractivity contribution in [2.45, 2.75) is 12.3 Å². The number of carbonyl (C=O) groups is 1. The molecule has 1 amide bonds. The predicted molar refractivity (Wildman–Crippen MR) is 94.2 cm³/mol. The second-order valence-electron chi connectivity index (χ2n) is 5.51. The highest BCUT2D eigenvalue weighted by atomic mass is 35.5. The number of amides is 1. The van der Waals surface area contributed by atoms with Gasteiger partial charge in [0.2, 0.25) is 0 Å². The van der Waals surface area contributed by atoms with Gasteiger partial charge in [-0.2, -0.15) is 4.99 Å². The van der Waals surface area contributed by atoms with Gasteiger partial charge in [-0.1, -0.05) is 29.8 Å². The summed E-state index contributed by atoms with van der Waals surface area (Å²) in [4.78, 5) is 16.7. The highest BCUT2D eigenvalue weighted by molar-refractivity contribution is 6.31. The average molecular weight is 345 g/mol. The number of phenolic OH excluding ortho intramolecular Hbond substituents is 1. The molecule has 0 saturated heterocycles. The molecule has 0 saturated carbocycles. The van der Waals surface area contributed by atoms with E-state index in [0.717, 1.165) is 11.3 Å². The van der Waals surface area contributed by atoms with Gasteiger partial charge in [-0.25, -0.2) is 0 Å². The molecule has 24 heavy (non-hydrogen) atoms. The first-order valence-electron chi connectivity index (χ1n) is 7.56. The van der Waals surface area contributed by atoms with E-state index in [1.165, 1.54) is 18.2 Å². The van der Waals surface area contributed by atoms with E-state index < -0.39 is 5.91 Å². The molecule has 2 aromatic rings. The number of aliphatic imine (C=N–C) groups is 1. The van der Waals surface area contributed by atoms with E-state index in [2.05, 4.69) is 10.3 Å². The van der Waals surface area contributed by atoms with Gasteiger partial charge in [-0.15, -0.1) is 0 Å². The standard InChI is InChI=1S/C18H17ClN2O3/c1-24-9-8-13-12-4-2-3-5-15(12)20-17(13)21-18(23)14-10-11(19)6-7-16(14)22/h2-7,10,13,22H,8-9H2,1H3,(H,20,21,23). The van der Waals surface area contributed by atoms with E-state index in [1.807, 2.05) is 24.3 Å². The maximum Gasteiger partial charge on any atom is 0.282 e. The van der Waals surface area contributed by atoms with E-state index in [1.54, 1.807) is 7.11 Å². The van der Waals surface area contributed by atoms with E-state index in [9.17, 15) is 9.90 Å². The largest absolute Gasteiger partial charge is 0.507 e. The van der Waals surface area contributed by atoms with Crippen molar-refractivity contribution < 1.29 is 14.6 Å². The highest BCUT2D eigenvalue weighted by Gasteiger charge is 2.29. The maximum absolute atomic E-state index is 12.5. The Hall–Kier alpha value is -2.37. The van der Waals surface area contributed by atoms with Gasteiger partial charge >= 0.3 is 0 Å². The Morgan fingerprint density at radius 2 is 2.12 bits per heavy atom. The third kappa shape index (κ3) is 3.27. The number of phenols is 1. The van der Waals surface area contributed by atoms with E-state index >= 15 is 0 Å². The number of methoxy groups -OCH3 is 1. The van der Waals surface area contributed by atoms with Gasteiger partial charge in [0.15, 0.2) is 0 Å². The summed E-state index contributed by atoms with van der Waals surface area (Å²) < 4.78 is 5.17. The molecule has 1 unspecified atom stereocenters. The molecular weight excluding hydrogens is 328 g/mol. The van der Waals surface area contributed by atoms with E-state index in [-0.39, 0.29) is 17.2 Å². The topological polar surface area (TPSA) is 70.9 Å². The smallest absolute Gasteiger partial charge is 0.282 e. The number of nitrogens with one attached hydrogen (secondary N) is 1. The van der Waals surface area contributed by atoms with Crippen LogP contribution in [0.4, 0.5) is 5.69 Å². The number of carbonyl (C=O) groups excluding carboxylic acids is 1. The molecule has 1 aliphatic rings. The molecule has 0 bridgehead atoms. The molecule has 0 fully saturated rings. The van der Waals surface area contributed by atoms with Crippen LogP contribution in [0.5, 0.6) is 5.75 Å². The number of nitrogens with zero attached hydrogens (tertiary/aromatic N) is 1. The van der Waals surface area contributed by atoms with Crippen molar-refractivity contribution in [3.63, 3.8) is 0 Å². The Morgan fingerprint density at radius 3 is 2.92 bits per heavy atom. The van der Waals surface area contributed by atoms with Crippen LogP contribution in [0, 0.1) is 0 Å². The number of benzene rings is 2. The van der Waals surface area contributed by atoms with Gasteiger partial charge in [0.1, 0.15) is 11.6 Å². The number of hydrogen-bond donors (Lipinski definition) is 2. The van der Waals surface area contributed by atoms with Gasteiger partial charge in [0.25, 0.3) is 5.91 Å². The second kappa shape index (κ2) is 7.03. The molecule has 124 valence electrons. The second-order valence-corrected chi connectivity index (χ2v) is 5.95. The minimum atomic E-state index is -0.535. The number of aromatic hydroxyl groups is 1. The first-order chi connectivity index (χ1) is 11.6. The van der Waals surface area contributed by atoms with Crippen molar-refractivity contribution in [2.24, 2.45) is 4.99 Å². The number of ether oxygens (including phenoxy) is 1. The van der Waals surface area contributed by atoms with Crippen LogP contribution < -0.4 is 5.32 Å². The van der Waals surface area contributed by atoms with Crippen molar-refractivity contribution in [3.05, 3.63) is 58.6 Å². The van der Waals surface area contributed by atoms with Crippen LogP contribution in [0.25, 0.3) is 0 Å². The Labute approximate surface area is 144 Å². The molecule has 6 heteroatoms. The maximum atomic E-state index is 12.5. The van der Waals surface area contributed by atoms with Crippen molar-refractivity contribution in [1.29, 1.82) is 0 Å². The molecule has 0 spiro atoms. The van der Waals surface area contributed by atoms with Crippen molar-refractivity contribution in [3.8, 4) is 5.75 Å². The minimum absolute atomic E-state index is 0.0496. The normalized spacial score (nSPS) is 17.6. The van der Waals surface area contributed by atoms with Crippen LogP contribution in [0.3, 0.4) is 0 Å². The van der Waals surface area contributed by atoms with E-state index in [0.29, 0.717) is 23.9 Å². The van der Waals surface area contributed by atoms with Gasteiger partial charge < -0.3 is 15.2 Å². The lowest BCUT2D eigenvalue weighted by Gasteiger charge is -2.11. The predicted octanol–water partition coefficient (Wildman–Crippen LogP) is 3.83. The number of hydrogen-bond acceptors (Lipinski definition) is 3. The minimum Gasteiger partial charge on any atom is -0.507 e. The van der Waals surface area contributed by atoms with Crippen LogP contribution in [0.15, 0.2) is 47.5 Å². The fraction of sp³-hybridized carbons (Fsp3) is 0.222. The average Bonchev–Trinajstić information content (AvgIpc) is 2.92.